The molecule has 2 bridgehead atoms. The lowest BCUT2D eigenvalue weighted by Crippen LogP contribution is -2.52. The zero-order chi connectivity index (χ0) is 27.9. The molecule has 3 aliphatic carbocycles. The molecule has 3 aromatic rings. The lowest BCUT2D eigenvalue weighted by molar-refractivity contribution is -0.122. The second kappa shape index (κ2) is 11.2. The van der Waals surface area contributed by atoms with Gasteiger partial charge >= 0.3 is 0 Å². The van der Waals surface area contributed by atoms with Gasteiger partial charge in [0.15, 0.2) is 0 Å². The Bertz CT molecular complexity index is 1450. The van der Waals surface area contributed by atoms with Gasteiger partial charge in [-0.05, 0) is 60.2 Å². The van der Waals surface area contributed by atoms with Crippen LogP contribution in [-0.2, 0) is 11.2 Å². The minimum Gasteiger partial charge on any atom is -0.369 e. The highest BCUT2D eigenvalue weighted by molar-refractivity contribution is 7.17. The molecule has 4 unspecified atom stereocenters. The summed E-state index contributed by atoms with van der Waals surface area (Å²) in [6.45, 7) is 3.56. The number of hydrogen-bond acceptors (Lipinski definition) is 7. The first kappa shape index (κ1) is 26.6. The van der Waals surface area contributed by atoms with Crippen molar-refractivity contribution in [2.24, 2.45) is 23.5 Å². The van der Waals surface area contributed by atoms with E-state index in [1.54, 1.807) is 11.3 Å². The minimum atomic E-state index is -0.253. The first-order valence-electron chi connectivity index (χ1n) is 15.1. The van der Waals surface area contributed by atoms with Crippen molar-refractivity contribution in [3.63, 3.8) is 0 Å². The zero-order valence-electron chi connectivity index (χ0n) is 23.4. The molecule has 1 aliphatic heterocycles. The summed E-state index contributed by atoms with van der Waals surface area (Å²) < 4.78 is 0.994. The Kier molecular flexibility index (Phi) is 7.25. The molecule has 214 valence electrons. The first-order valence-corrected chi connectivity index (χ1v) is 16.0. The van der Waals surface area contributed by atoms with Crippen molar-refractivity contribution in [1.82, 2.24) is 19.8 Å². The van der Waals surface area contributed by atoms with Gasteiger partial charge in [-0.2, -0.15) is 0 Å². The van der Waals surface area contributed by atoms with Crippen LogP contribution in [0.4, 0.5) is 5.82 Å². The average Bonchev–Trinajstić information content (AvgIpc) is 3.75. The van der Waals surface area contributed by atoms with Crippen LogP contribution in [0.1, 0.15) is 60.3 Å². The number of primary amides is 1. The number of fused-ring (bicyclic) bond motifs is 3. The second-order valence-corrected chi connectivity index (χ2v) is 13.1. The van der Waals surface area contributed by atoms with Crippen LogP contribution in [0.2, 0.25) is 0 Å². The van der Waals surface area contributed by atoms with E-state index in [1.807, 2.05) is 40.6 Å². The predicted octanol–water partition coefficient (Wildman–Crippen LogP) is 4.46. The van der Waals surface area contributed by atoms with Crippen LogP contribution >= 0.6 is 11.3 Å². The van der Waals surface area contributed by atoms with E-state index in [-0.39, 0.29) is 35.6 Å². The van der Waals surface area contributed by atoms with E-state index in [4.69, 9.17) is 15.7 Å². The summed E-state index contributed by atoms with van der Waals surface area (Å²) in [6.07, 6.45) is 12.5. The molecule has 41 heavy (non-hydrogen) atoms. The van der Waals surface area contributed by atoms with Crippen LogP contribution in [0.25, 0.3) is 10.2 Å². The van der Waals surface area contributed by atoms with E-state index in [9.17, 15) is 9.59 Å². The molecule has 1 saturated heterocycles. The van der Waals surface area contributed by atoms with Crippen LogP contribution in [0.3, 0.4) is 0 Å². The van der Waals surface area contributed by atoms with Gasteiger partial charge < -0.3 is 16.0 Å². The van der Waals surface area contributed by atoms with Crippen molar-refractivity contribution in [3.8, 4) is 0 Å². The van der Waals surface area contributed by atoms with Gasteiger partial charge in [0.25, 0.3) is 5.91 Å². The number of piperazine rings is 1. The number of amides is 2. The Morgan fingerprint density at radius 1 is 0.951 bits per heavy atom. The number of carbonyl (C=O) groups is 2. The van der Waals surface area contributed by atoms with Crippen LogP contribution in [0.5, 0.6) is 0 Å². The topological polar surface area (TPSA) is 104 Å². The standard InChI is InChI=1S/C32H38N6O2S/c33-30(39)27-22-10-11-23(19-22)28(27)36-31-29-25(12-17-41-29)34-26(35-31)18-20-6-8-21(9-7-20)32(40)38-15-13-37(14-16-38)24-4-2-1-3-5-24/h6-12,17,22-24,27-28H,1-5,13-16,18-19H2,(H2,33,39)(H,34,35,36). The summed E-state index contributed by atoms with van der Waals surface area (Å²) in [6, 6.07) is 10.6. The Balaban J connectivity index is 1.02. The molecule has 3 heterocycles. The molecular formula is C32H38N6O2S. The molecule has 2 aromatic heterocycles. The number of nitrogens with two attached hydrogens (primary N) is 1. The van der Waals surface area contributed by atoms with E-state index in [0.717, 1.165) is 59.8 Å². The number of anilines is 1. The van der Waals surface area contributed by atoms with Gasteiger partial charge in [0.2, 0.25) is 5.91 Å². The second-order valence-electron chi connectivity index (χ2n) is 12.2. The SMILES string of the molecule is NC(=O)C1C2C=CC(C2)C1Nc1nc(Cc2ccc(C(=O)N3CCN(C4CCCCC4)CC3)cc2)nc2ccsc12. The lowest BCUT2D eigenvalue weighted by Gasteiger charge is -2.40. The molecule has 1 aromatic carbocycles. The molecule has 2 saturated carbocycles. The zero-order valence-corrected chi connectivity index (χ0v) is 24.2. The molecule has 9 heteroatoms. The van der Waals surface area contributed by atoms with E-state index in [0.29, 0.717) is 18.3 Å². The molecule has 3 fully saturated rings. The Hall–Kier alpha value is -3.30. The largest absolute Gasteiger partial charge is 0.369 e. The molecule has 4 aliphatic rings. The minimum absolute atomic E-state index is 0.0506. The van der Waals surface area contributed by atoms with Crippen LogP contribution in [-0.4, -0.2) is 69.8 Å². The predicted molar refractivity (Wildman–Crippen MR) is 162 cm³/mol. The third-order valence-corrected chi connectivity index (χ3v) is 10.6. The fourth-order valence-electron chi connectivity index (χ4n) is 7.52. The molecule has 4 atom stereocenters. The Morgan fingerprint density at radius 3 is 2.46 bits per heavy atom. The molecule has 8 nitrogen and oxygen atoms in total. The number of benzene rings is 1. The van der Waals surface area contributed by atoms with Gasteiger partial charge in [-0.3, -0.25) is 14.5 Å². The number of nitrogens with zero attached hydrogens (tertiary/aromatic N) is 4. The van der Waals surface area contributed by atoms with Crippen molar-refractivity contribution in [2.75, 3.05) is 31.5 Å². The first-order chi connectivity index (χ1) is 20.0. The number of allylic oxidation sites excluding steroid dienone is 1. The number of rotatable bonds is 7. The highest BCUT2D eigenvalue weighted by Gasteiger charge is 2.47. The molecule has 0 radical (unpaired) electrons. The fourth-order valence-corrected chi connectivity index (χ4v) is 8.30. The molecule has 3 N–H and O–H groups in total. The maximum atomic E-state index is 13.2. The van der Waals surface area contributed by atoms with E-state index in [1.165, 1.54) is 32.1 Å². The van der Waals surface area contributed by atoms with Crippen LogP contribution < -0.4 is 11.1 Å². The summed E-state index contributed by atoms with van der Waals surface area (Å²) in [4.78, 5) is 39.8. The summed E-state index contributed by atoms with van der Waals surface area (Å²) in [7, 11) is 0. The third-order valence-electron chi connectivity index (χ3n) is 9.70. The van der Waals surface area contributed by atoms with Gasteiger partial charge in [0, 0.05) is 50.2 Å². The number of carbonyl (C=O) groups excluding carboxylic acids is 2. The summed E-state index contributed by atoms with van der Waals surface area (Å²) in [5, 5.41) is 5.62. The van der Waals surface area contributed by atoms with E-state index in [2.05, 4.69) is 22.4 Å². The smallest absolute Gasteiger partial charge is 0.253 e. The van der Waals surface area contributed by atoms with E-state index >= 15 is 0 Å². The Labute approximate surface area is 245 Å². The Morgan fingerprint density at radius 2 is 1.71 bits per heavy atom. The van der Waals surface area contributed by atoms with Crippen LogP contribution in [0, 0.1) is 17.8 Å². The third kappa shape index (κ3) is 5.26. The lowest BCUT2D eigenvalue weighted by atomic mass is 9.88. The van der Waals surface area contributed by atoms with E-state index < -0.39 is 0 Å². The normalized spacial score (nSPS) is 26.6. The van der Waals surface area contributed by atoms with Gasteiger partial charge in [0.05, 0.1) is 16.1 Å². The fraction of sp³-hybridized carbons (Fsp3) is 0.500. The van der Waals surface area contributed by atoms with Gasteiger partial charge in [-0.1, -0.05) is 43.5 Å². The van der Waals surface area contributed by atoms with Crippen molar-refractivity contribution in [3.05, 3.63) is 64.8 Å². The maximum absolute atomic E-state index is 13.2. The maximum Gasteiger partial charge on any atom is 0.253 e. The number of hydrogen-bond donors (Lipinski definition) is 2. The number of thiophene rings is 1. The van der Waals surface area contributed by atoms with Crippen molar-refractivity contribution < 1.29 is 9.59 Å². The van der Waals surface area contributed by atoms with Crippen molar-refractivity contribution in [2.45, 2.75) is 57.0 Å². The number of aromatic nitrogens is 2. The molecular weight excluding hydrogens is 532 g/mol. The summed E-state index contributed by atoms with van der Waals surface area (Å²) in [5.74, 6) is 1.62. The van der Waals surface area contributed by atoms with Crippen molar-refractivity contribution in [1.29, 1.82) is 0 Å². The quantitative estimate of drug-likeness (QED) is 0.407. The monoisotopic (exact) mass is 570 g/mol. The molecule has 7 rings (SSSR count). The van der Waals surface area contributed by atoms with Gasteiger partial charge in [-0.15, -0.1) is 11.3 Å². The van der Waals surface area contributed by atoms with Gasteiger partial charge in [0.1, 0.15) is 11.6 Å². The molecule has 2 amide bonds. The van der Waals surface area contributed by atoms with Crippen LogP contribution in [0.15, 0.2) is 47.9 Å². The highest BCUT2D eigenvalue weighted by atomic mass is 32.1. The number of nitrogens with one attached hydrogen (secondary N) is 1. The van der Waals surface area contributed by atoms with Crippen molar-refractivity contribution >= 4 is 39.2 Å². The summed E-state index contributed by atoms with van der Waals surface area (Å²) in [5.41, 5.74) is 8.49. The summed E-state index contributed by atoms with van der Waals surface area (Å²) >= 11 is 1.60. The van der Waals surface area contributed by atoms with Gasteiger partial charge in [-0.25, -0.2) is 9.97 Å². The highest BCUT2D eigenvalue weighted by Crippen LogP contribution is 2.45. The average molecular weight is 571 g/mol. The molecule has 0 spiro atoms.